The number of nitrogens with zero attached hydrogens (tertiary/aromatic N) is 1. The van der Waals surface area contributed by atoms with Crippen LogP contribution in [0.4, 0.5) is 0 Å². The van der Waals surface area contributed by atoms with Crippen molar-refractivity contribution in [3.63, 3.8) is 0 Å². The lowest BCUT2D eigenvalue weighted by Gasteiger charge is -2.04. The van der Waals surface area contributed by atoms with E-state index in [1.807, 2.05) is 6.07 Å². The maximum Gasteiger partial charge on any atom is 0.252 e. The molecule has 0 aromatic heterocycles. The highest BCUT2D eigenvalue weighted by molar-refractivity contribution is 6.67. The number of hydrogen-bond acceptors (Lipinski definition) is 3. The van der Waals surface area contributed by atoms with E-state index in [9.17, 15) is 9.59 Å². The normalized spacial score (nSPS) is 9.21. The first kappa shape index (κ1) is 10.4. The molecule has 0 spiro atoms. The maximum atomic E-state index is 10.9. The van der Waals surface area contributed by atoms with Gasteiger partial charge in [-0.25, -0.2) is 0 Å². The number of halogens is 1. The molecule has 0 aliphatic heterocycles. The van der Waals surface area contributed by atoms with E-state index in [0.717, 1.165) is 0 Å². The third kappa shape index (κ3) is 1.66. The van der Waals surface area contributed by atoms with Crippen molar-refractivity contribution in [2.75, 3.05) is 0 Å². The van der Waals surface area contributed by atoms with Crippen LogP contribution >= 0.6 is 11.6 Å². The average molecular weight is 208 g/mol. The summed E-state index contributed by atoms with van der Waals surface area (Å²) in [6.07, 6.45) is 0.577. The topological polar surface area (TPSA) is 57.9 Å². The van der Waals surface area contributed by atoms with Crippen molar-refractivity contribution in [3.8, 4) is 6.07 Å². The van der Waals surface area contributed by atoms with Crippen LogP contribution in [0.15, 0.2) is 12.1 Å². The molecule has 0 heterocycles. The Bertz CT molecular complexity index is 446. The molecule has 0 atom stereocenters. The second kappa shape index (κ2) is 4.03. The molecule has 4 heteroatoms. The standard InChI is InChI=1S/C10H6ClNO2/c1-6-8(10(11)14)3-2-7(5-13)9(6)4-12/h2-3,5H,1H3. The number of carbonyl (C=O) groups is 2. The molecule has 0 aliphatic rings. The van der Waals surface area contributed by atoms with Gasteiger partial charge in [0.15, 0.2) is 6.29 Å². The van der Waals surface area contributed by atoms with Crippen molar-refractivity contribution in [1.82, 2.24) is 0 Å². The van der Waals surface area contributed by atoms with Gasteiger partial charge in [0.2, 0.25) is 0 Å². The zero-order valence-corrected chi connectivity index (χ0v) is 8.13. The molecular formula is C10H6ClNO2. The fourth-order valence-corrected chi connectivity index (χ4v) is 1.40. The second-order valence-electron chi connectivity index (χ2n) is 2.71. The van der Waals surface area contributed by atoms with Crippen LogP contribution in [-0.2, 0) is 0 Å². The van der Waals surface area contributed by atoms with Gasteiger partial charge in [0, 0.05) is 11.1 Å². The lowest BCUT2D eigenvalue weighted by Crippen LogP contribution is -1.99. The average Bonchev–Trinajstić information content (AvgIpc) is 2.16. The van der Waals surface area contributed by atoms with E-state index in [-0.39, 0.29) is 16.7 Å². The largest absolute Gasteiger partial charge is 0.298 e. The Morgan fingerprint density at radius 1 is 1.57 bits per heavy atom. The third-order valence-electron chi connectivity index (χ3n) is 1.95. The quantitative estimate of drug-likeness (QED) is 0.551. The van der Waals surface area contributed by atoms with E-state index in [1.54, 1.807) is 6.92 Å². The highest BCUT2D eigenvalue weighted by atomic mass is 35.5. The van der Waals surface area contributed by atoms with E-state index in [0.29, 0.717) is 11.8 Å². The number of aldehydes is 1. The van der Waals surface area contributed by atoms with Gasteiger partial charge in [0.25, 0.3) is 5.24 Å². The van der Waals surface area contributed by atoms with E-state index in [2.05, 4.69) is 0 Å². The summed E-state index contributed by atoms with van der Waals surface area (Å²) in [5.74, 6) is 0. The predicted molar refractivity (Wildman–Crippen MR) is 51.5 cm³/mol. The summed E-state index contributed by atoms with van der Waals surface area (Å²) in [4.78, 5) is 21.5. The van der Waals surface area contributed by atoms with Gasteiger partial charge < -0.3 is 0 Å². The molecule has 0 aliphatic carbocycles. The minimum Gasteiger partial charge on any atom is -0.298 e. The molecule has 0 saturated carbocycles. The Kier molecular flexibility index (Phi) is 3.00. The lowest BCUT2D eigenvalue weighted by molar-refractivity contribution is 0.107. The molecule has 0 bridgehead atoms. The number of benzene rings is 1. The van der Waals surface area contributed by atoms with E-state index in [1.165, 1.54) is 12.1 Å². The monoisotopic (exact) mass is 207 g/mol. The van der Waals surface area contributed by atoms with Gasteiger partial charge in [-0.15, -0.1) is 0 Å². The minimum atomic E-state index is -0.628. The van der Waals surface area contributed by atoms with Crippen molar-refractivity contribution in [2.24, 2.45) is 0 Å². The summed E-state index contributed by atoms with van der Waals surface area (Å²) in [5, 5.41) is 8.15. The van der Waals surface area contributed by atoms with Crippen LogP contribution in [-0.4, -0.2) is 11.5 Å². The Morgan fingerprint density at radius 3 is 2.64 bits per heavy atom. The Balaban J connectivity index is 3.52. The number of nitriles is 1. The van der Waals surface area contributed by atoms with Crippen LogP contribution in [0.2, 0.25) is 0 Å². The van der Waals surface area contributed by atoms with Gasteiger partial charge in [0.05, 0.1) is 5.56 Å². The first-order valence-corrected chi connectivity index (χ1v) is 4.18. The van der Waals surface area contributed by atoms with E-state index >= 15 is 0 Å². The molecule has 0 saturated heterocycles. The summed E-state index contributed by atoms with van der Waals surface area (Å²) in [6, 6.07) is 4.72. The fourth-order valence-electron chi connectivity index (χ4n) is 1.19. The lowest BCUT2D eigenvalue weighted by atomic mass is 9.99. The summed E-state index contributed by atoms with van der Waals surface area (Å²) in [5.41, 5.74) is 1.17. The van der Waals surface area contributed by atoms with E-state index < -0.39 is 5.24 Å². The van der Waals surface area contributed by atoms with Crippen LogP contribution < -0.4 is 0 Å². The molecule has 0 unspecified atom stereocenters. The van der Waals surface area contributed by atoms with Gasteiger partial charge >= 0.3 is 0 Å². The maximum absolute atomic E-state index is 10.9. The summed E-state index contributed by atoms with van der Waals surface area (Å²) >= 11 is 5.30. The molecule has 14 heavy (non-hydrogen) atoms. The number of rotatable bonds is 2. The molecule has 1 rings (SSSR count). The molecule has 0 amide bonds. The summed E-state index contributed by atoms with van der Waals surface area (Å²) < 4.78 is 0. The predicted octanol–water partition coefficient (Wildman–Crippen LogP) is 2.06. The summed E-state index contributed by atoms with van der Waals surface area (Å²) in [6.45, 7) is 1.58. The van der Waals surface area contributed by atoms with Crippen molar-refractivity contribution in [3.05, 3.63) is 34.4 Å². The van der Waals surface area contributed by atoms with Gasteiger partial charge in [-0.3, -0.25) is 9.59 Å². The highest BCUT2D eigenvalue weighted by Gasteiger charge is 2.12. The molecule has 70 valence electrons. The second-order valence-corrected chi connectivity index (χ2v) is 3.05. The van der Waals surface area contributed by atoms with Crippen molar-refractivity contribution in [2.45, 2.75) is 6.92 Å². The molecule has 0 fully saturated rings. The van der Waals surface area contributed by atoms with Crippen LogP contribution in [0, 0.1) is 18.3 Å². The van der Waals surface area contributed by atoms with Gasteiger partial charge in [-0.05, 0) is 36.2 Å². The van der Waals surface area contributed by atoms with Crippen molar-refractivity contribution < 1.29 is 9.59 Å². The van der Waals surface area contributed by atoms with Crippen molar-refractivity contribution >= 4 is 23.1 Å². The number of carbonyl (C=O) groups excluding carboxylic acids is 2. The smallest absolute Gasteiger partial charge is 0.252 e. The van der Waals surface area contributed by atoms with Gasteiger partial charge in [0.1, 0.15) is 6.07 Å². The molecule has 0 radical (unpaired) electrons. The minimum absolute atomic E-state index is 0.200. The van der Waals surface area contributed by atoms with Gasteiger partial charge in [-0.1, -0.05) is 0 Å². The van der Waals surface area contributed by atoms with Crippen LogP contribution in [0.5, 0.6) is 0 Å². The van der Waals surface area contributed by atoms with Crippen LogP contribution in [0.1, 0.15) is 31.8 Å². The fraction of sp³-hybridized carbons (Fsp3) is 0.100. The molecule has 1 aromatic carbocycles. The SMILES string of the molecule is Cc1c(C(=O)Cl)ccc(C=O)c1C#N. The Hall–Kier alpha value is -1.66. The first-order chi connectivity index (χ1) is 6.61. The Morgan fingerprint density at radius 2 is 2.21 bits per heavy atom. The summed E-state index contributed by atoms with van der Waals surface area (Å²) in [7, 11) is 0. The van der Waals surface area contributed by atoms with Crippen LogP contribution in [0.3, 0.4) is 0 Å². The zero-order chi connectivity index (χ0) is 10.7. The van der Waals surface area contributed by atoms with Gasteiger partial charge in [-0.2, -0.15) is 5.26 Å². The molecule has 1 aromatic rings. The highest BCUT2D eigenvalue weighted by Crippen LogP contribution is 2.18. The molecule has 0 N–H and O–H groups in total. The van der Waals surface area contributed by atoms with E-state index in [4.69, 9.17) is 16.9 Å². The Labute approximate surface area is 85.9 Å². The third-order valence-corrected chi connectivity index (χ3v) is 2.15. The molecule has 3 nitrogen and oxygen atoms in total. The molecular weight excluding hydrogens is 202 g/mol. The van der Waals surface area contributed by atoms with Crippen LogP contribution in [0.25, 0.3) is 0 Å². The van der Waals surface area contributed by atoms with Crippen molar-refractivity contribution in [1.29, 1.82) is 5.26 Å². The first-order valence-electron chi connectivity index (χ1n) is 3.80. The number of hydrogen-bond donors (Lipinski definition) is 0. The zero-order valence-electron chi connectivity index (χ0n) is 7.37.